The molecule has 0 radical (unpaired) electrons. The fourth-order valence-corrected chi connectivity index (χ4v) is 4.22. The Bertz CT molecular complexity index is 1250. The molecule has 0 spiro atoms. The molecule has 3 heterocycles. The normalized spacial score (nSPS) is 15.4. The number of carbonyl (C=O) groups is 1. The van der Waals surface area contributed by atoms with Crippen LogP contribution in [0.15, 0.2) is 71.3 Å². The quantitative estimate of drug-likeness (QED) is 0.436. The molecular weight excluding hydrogens is 442 g/mol. The zero-order chi connectivity index (χ0) is 23.5. The molecular formula is C24H22F2N6O2. The van der Waals surface area contributed by atoms with Gasteiger partial charge in [-0.2, -0.15) is 0 Å². The Labute approximate surface area is 194 Å². The standard InChI is InChI=1S/C24H22F2N6O2/c25-18-9-7-17(8-10-18)16-32-23(27-28-29-32)22(19-4-1-2-5-20(19)26)30-11-13-31(14-12-30)24(33)21-6-3-15-34-21/h1-10,15,22H,11-14,16H2/t22-/m1/s1. The van der Waals surface area contributed by atoms with Crippen molar-refractivity contribution in [1.82, 2.24) is 30.0 Å². The van der Waals surface area contributed by atoms with Crippen molar-refractivity contribution in [3.05, 3.63) is 101 Å². The Hall–Kier alpha value is -3.92. The number of amides is 1. The Morgan fingerprint density at radius 1 is 0.971 bits per heavy atom. The van der Waals surface area contributed by atoms with Crippen LogP contribution in [-0.4, -0.2) is 62.1 Å². The third-order valence-corrected chi connectivity index (χ3v) is 5.95. The molecule has 8 nitrogen and oxygen atoms in total. The summed E-state index contributed by atoms with van der Waals surface area (Å²) in [6, 6.07) is 15.4. The Balaban J connectivity index is 1.42. The fourth-order valence-electron chi connectivity index (χ4n) is 4.22. The van der Waals surface area contributed by atoms with Crippen molar-refractivity contribution in [2.75, 3.05) is 26.2 Å². The van der Waals surface area contributed by atoms with Crippen LogP contribution in [0.25, 0.3) is 0 Å². The van der Waals surface area contributed by atoms with Gasteiger partial charge in [0.05, 0.1) is 12.8 Å². The highest BCUT2D eigenvalue weighted by atomic mass is 19.1. The Morgan fingerprint density at radius 2 is 1.74 bits per heavy atom. The lowest BCUT2D eigenvalue weighted by Crippen LogP contribution is -2.50. The van der Waals surface area contributed by atoms with E-state index in [1.807, 2.05) is 0 Å². The summed E-state index contributed by atoms with van der Waals surface area (Å²) in [5.74, 6) is -0.0966. The molecule has 1 amide bonds. The average molecular weight is 464 g/mol. The number of rotatable bonds is 6. The summed E-state index contributed by atoms with van der Waals surface area (Å²) in [6.45, 7) is 2.20. The first kappa shape index (κ1) is 21.9. The summed E-state index contributed by atoms with van der Waals surface area (Å²) in [5, 5.41) is 12.2. The maximum atomic E-state index is 15.0. The van der Waals surface area contributed by atoms with Gasteiger partial charge in [-0.15, -0.1) is 5.10 Å². The number of tetrazole rings is 1. The van der Waals surface area contributed by atoms with Crippen LogP contribution in [0.2, 0.25) is 0 Å². The highest BCUT2D eigenvalue weighted by Crippen LogP contribution is 2.30. The molecule has 4 aromatic rings. The van der Waals surface area contributed by atoms with Gasteiger partial charge in [-0.25, -0.2) is 13.5 Å². The van der Waals surface area contributed by atoms with E-state index >= 15 is 0 Å². The number of benzene rings is 2. The van der Waals surface area contributed by atoms with Gasteiger partial charge in [0, 0.05) is 31.7 Å². The van der Waals surface area contributed by atoms with Gasteiger partial charge in [-0.3, -0.25) is 9.69 Å². The molecule has 174 valence electrons. The minimum Gasteiger partial charge on any atom is -0.459 e. The highest BCUT2D eigenvalue weighted by Gasteiger charge is 2.33. The van der Waals surface area contributed by atoms with Crippen molar-refractivity contribution in [1.29, 1.82) is 0 Å². The van der Waals surface area contributed by atoms with E-state index in [-0.39, 0.29) is 17.5 Å². The lowest BCUT2D eigenvalue weighted by atomic mass is 10.0. The molecule has 1 aliphatic rings. The maximum Gasteiger partial charge on any atom is 0.289 e. The van der Waals surface area contributed by atoms with Crippen molar-refractivity contribution in [2.45, 2.75) is 12.6 Å². The Morgan fingerprint density at radius 3 is 2.44 bits per heavy atom. The van der Waals surface area contributed by atoms with Crippen LogP contribution in [0, 0.1) is 11.6 Å². The number of carbonyl (C=O) groups excluding carboxylic acids is 1. The molecule has 0 saturated carbocycles. The maximum absolute atomic E-state index is 15.0. The van der Waals surface area contributed by atoms with Crippen molar-refractivity contribution in [2.24, 2.45) is 0 Å². The van der Waals surface area contributed by atoms with E-state index in [9.17, 15) is 13.6 Å². The first-order chi connectivity index (χ1) is 16.6. The van der Waals surface area contributed by atoms with Crippen LogP contribution in [0.3, 0.4) is 0 Å². The number of halogens is 2. The van der Waals surface area contributed by atoms with E-state index < -0.39 is 6.04 Å². The predicted octanol–water partition coefficient (Wildman–Crippen LogP) is 3.14. The summed E-state index contributed by atoms with van der Waals surface area (Å²) in [7, 11) is 0. The van der Waals surface area contributed by atoms with Gasteiger partial charge in [-0.1, -0.05) is 30.3 Å². The summed E-state index contributed by atoms with van der Waals surface area (Å²) in [5.41, 5.74) is 1.26. The summed E-state index contributed by atoms with van der Waals surface area (Å²) in [6.07, 6.45) is 1.47. The van der Waals surface area contributed by atoms with Crippen LogP contribution in [0.1, 0.15) is 33.5 Å². The molecule has 10 heteroatoms. The molecule has 2 aromatic carbocycles. The van der Waals surface area contributed by atoms with E-state index in [1.54, 1.807) is 52.0 Å². The van der Waals surface area contributed by atoms with Crippen LogP contribution in [-0.2, 0) is 6.54 Å². The van der Waals surface area contributed by atoms with E-state index in [2.05, 4.69) is 20.4 Å². The smallest absolute Gasteiger partial charge is 0.289 e. The van der Waals surface area contributed by atoms with Crippen LogP contribution in [0.4, 0.5) is 8.78 Å². The van der Waals surface area contributed by atoms with Gasteiger partial charge in [0.15, 0.2) is 11.6 Å². The molecule has 0 unspecified atom stereocenters. The molecule has 1 atom stereocenters. The van der Waals surface area contributed by atoms with Gasteiger partial charge < -0.3 is 9.32 Å². The second-order valence-electron chi connectivity index (χ2n) is 8.05. The summed E-state index contributed by atoms with van der Waals surface area (Å²) >= 11 is 0. The lowest BCUT2D eigenvalue weighted by Gasteiger charge is -2.38. The Kier molecular flexibility index (Phi) is 6.13. The third-order valence-electron chi connectivity index (χ3n) is 5.95. The highest BCUT2D eigenvalue weighted by molar-refractivity contribution is 5.91. The van der Waals surface area contributed by atoms with Gasteiger partial charge in [0.1, 0.15) is 17.7 Å². The summed E-state index contributed by atoms with van der Waals surface area (Å²) in [4.78, 5) is 16.4. The molecule has 34 heavy (non-hydrogen) atoms. The molecule has 1 saturated heterocycles. The zero-order valence-corrected chi connectivity index (χ0v) is 18.2. The van der Waals surface area contributed by atoms with Crippen LogP contribution < -0.4 is 0 Å². The largest absolute Gasteiger partial charge is 0.459 e. The molecule has 2 aromatic heterocycles. The number of aromatic nitrogens is 4. The predicted molar refractivity (Wildman–Crippen MR) is 118 cm³/mol. The van der Waals surface area contributed by atoms with E-state index in [0.29, 0.717) is 49.9 Å². The number of furan rings is 1. The third kappa shape index (κ3) is 4.44. The molecule has 0 N–H and O–H groups in total. The zero-order valence-electron chi connectivity index (χ0n) is 18.2. The molecule has 1 fully saturated rings. The van der Waals surface area contributed by atoms with Crippen LogP contribution in [0.5, 0.6) is 0 Å². The summed E-state index contributed by atoms with van der Waals surface area (Å²) < 4.78 is 35.1. The SMILES string of the molecule is O=C(c1ccco1)N1CCN([C@H](c2ccccc2F)c2nnnn2Cc2ccc(F)cc2)CC1. The fraction of sp³-hybridized carbons (Fsp3) is 0.250. The van der Waals surface area contributed by atoms with E-state index in [1.165, 1.54) is 24.5 Å². The van der Waals surface area contributed by atoms with Crippen molar-refractivity contribution < 1.29 is 18.0 Å². The first-order valence-electron chi connectivity index (χ1n) is 10.9. The second-order valence-corrected chi connectivity index (χ2v) is 8.05. The van der Waals surface area contributed by atoms with E-state index in [4.69, 9.17) is 4.42 Å². The van der Waals surface area contributed by atoms with E-state index in [0.717, 1.165) is 5.56 Å². The van der Waals surface area contributed by atoms with Gasteiger partial charge in [0.25, 0.3) is 5.91 Å². The number of nitrogens with zero attached hydrogens (tertiary/aromatic N) is 6. The van der Waals surface area contributed by atoms with Gasteiger partial charge >= 0.3 is 0 Å². The first-order valence-corrected chi connectivity index (χ1v) is 10.9. The number of hydrogen-bond acceptors (Lipinski definition) is 6. The number of piperazine rings is 1. The number of hydrogen-bond donors (Lipinski definition) is 0. The topological polar surface area (TPSA) is 80.3 Å². The molecule has 1 aliphatic heterocycles. The van der Waals surface area contributed by atoms with Crippen molar-refractivity contribution in [3.63, 3.8) is 0 Å². The molecule has 0 bridgehead atoms. The molecule has 5 rings (SSSR count). The second kappa shape index (κ2) is 9.52. The van der Waals surface area contributed by atoms with Crippen molar-refractivity contribution >= 4 is 5.91 Å². The average Bonchev–Trinajstić information content (AvgIpc) is 3.55. The van der Waals surface area contributed by atoms with Gasteiger partial charge in [-0.05, 0) is 46.3 Å². The van der Waals surface area contributed by atoms with Gasteiger partial charge in [0.2, 0.25) is 0 Å². The van der Waals surface area contributed by atoms with Crippen LogP contribution >= 0.6 is 0 Å². The minimum atomic E-state index is -0.558. The lowest BCUT2D eigenvalue weighted by molar-refractivity contribution is 0.0557. The monoisotopic (exact) mass is 464 g/mol. The van der Waals surface area contributed by atoms with Crippen molar-refractivity contribution in [3.8, 4) is 0 Å². The minimum absolute atomic E-state index is 0.173. The molecule has 0 aliphatic carbocycles.